The molecule has 2 aromatic rings. The molecule has 1 saturated heterocycles. The Morgan fingerprint density at radius 2 is 2.16 bits per heavy atom. The number of aliphatic hydroxyl groups excluding tert-OH is 2. The summed E-state index contributed by atoms with van der Waals surface area (Å²) in [4.78, 5) is 19.9. The van der Waals surface area contributed by atoms with E-state index in [1.807, 2.05) is 6.33 Å². The summed E-state index contributed by atoms with van der Waals surface area (Å²) in [5.41, 5.74) is 2.37. The van der Waals surface area contributed by atoms with E-state index in [9.17, 15) is 15.0 Å². The number of aromatic nitrogens is 4. The van der Waals surface area contributed by atoms with Crippen LogP contribution in [0.4, 0.5) is 0 Å². The van der Waals surface area contributed by atoms with E-state index in [0.29, 0.717) is 30.7 Å². The number of nitrogens with zero attached hydrogens (tertiary/aromatic N) is 3. The van der Waals surface area contributed by atoms with Gasteiger partial charge in [-0.25, -0.2) is 4.98 Å². The summed E-state index contributed by atoms with van der Waals surface area (Å²) in [6.45, 7) is 6.14. The number of imidazole rings is 1. The molecule has 0 bridgehead atoms. The van der Waals surface area contributed by atoms with E-state index in [-0.39, 0.29) is 23.2 Å². The van der Waals surface area contributed by atoms with Crippen molar-refractivity contribution >= 4 is 12.2 Å². The number of methoxy groups -OCH3 is 1. The molecule has 2 aromatic heterocycles. The van der Waals surface area contributed by atoms with Gasteiger partial charge in [0.1, 0.15) is 18.6 Å². The van der Waals surface area contributed by atoms with Gasteiger partial charge in [-0.2, -0.15) is 0 Å². The van der Waals surface area contributed by atoms with Crippen LogP contribution >= 0.6 is 12.2 Å². The smallest absolute Gasteiger partial charge is 0.254 e. The Balaban J connectivity index is 1.80. The predicted octanol–water partition coefficient (Wildman–Crippen LogP) is 2.28. The first-order chi connectivity index (χ1) is 15.3. The van der Waals surface area contributed by atoms with Crippen LogP contribution in [0.25, 0.3) is 0 Å². The number of aryl methyl sites for hydroxylation is 2. The largest absolute Gasteiger partial charge is 0.394 e. The number of aromatic amines is 1. The van der Waals surface area contributed by atoms with Gasteiger partial charge in [0, 0.05) is 31.0 Å². The number of nitrogens with one attached hydrogen (secondary N) is 1. The van der Waals surface area contributed by atoms with E-state index < -0.39 is 18.4 Å². The summed E-state index contributed by atoms with van der Waals surface area (Å²) in [6.07, 6.45) is 4.55. The molecule has 10 heteroatoms. The van der Waals surface area contributed by atoms with Gasteiger partial charge in [-0.15, -0.1) is 0 Å². The molecular formula is C22H34N4O5S. The first kappa shape index (κ1) is 24.8. The zero-order chi connectivity index (χ0) is 23.4. The average molecular weight is 467 g/mol. The Morgan fingerprint density at radius 3 is 2.75 bits per heavy atom. The lowest BCUT2D eigenvalue weighted by molar-refractivity contribution is -0.0453. The van der Waals surface area contributed by atoms with Crippen molar-refractivity contribution in [3.05, 3.63) is 44.6 Å². The first-order valence-corrected chi connectivity index (χ1v) is 11.6. The van der Waals surface area contributed by atoms with Crippen LogP contribution in [0.5, 0.6) is 0 Å². The molecule has 0 amide bonds. The molecule has 3 N–H and O–H groups in total. The van der Waals surface area contributed by atoms with Crippen molar-refractivity contribution < 1.29 is 19.7 Å². The predicted molar refractivity (Wildman–Crippen MR) is 122 cm³/mol. The molecule has 4 unspecified atom stereocenters. The standard InChI is InChI=1S/C22H34N4O5S/c1-5-16-15(23-12-26(16)19(30-4)8-13(2)3)7-6-14-10-25(22(32)24-21(14)29)20-9-17(28)18(11-27)31-20/h10,12-13,17-20,27-28H,5-9,11H2,1-4H3,(H,24,29,32). The molecule has 0 spiro atoms. The molecule has 1 fully saturated rings. The molecule has 3 heterocycles. The van der Waals surface area contributed by atoms with Crippen LogP contribution in [0, 0.1) is 10.7 Å². The Hall–Kier alpha value is -1.85. The van der Waals surface area contributed by atoms with Crippen LogP contribution in [0.15, 0.2) is 17.3 Å². The van der Waals surface area contributed by atoms with E-state index in [2.05, 4.69) is 35.3 Å². The second-order valence-corrected chi connectivity index (χ2v) is 9.04. The highest BCUT2D eigenvalue weighted by Gasteiger charge is 2.34. The van der Waals surface area contributed by atoms with Crippen LogP contribution in [0.3, 0.4) is 0 Å². The second-order valence-electron chi connectivity index (χ2n) is 8.65. The quantitative estimate of drug-likeness (QED) is 0.460. The van der Waals surface area contributed by atoms with Crippen molar-refractivity contribution in [1.29, 1.82) is 0 Å². The molecule has 0 aliphatic carbocycles. The number of aliphatic hydroxyl groups is 2. The Labute approximate surface area is 193 Å². The van der Waals surface area contributed by atoms with Gasteiger partial charge < -0.3 is 24.3 Å². The molecule has 32 heavy (non-hydrogen) atoms. The molecule has 1 aliphatic rings. The van der Waals surface area contributed by atoms with Crippen molar-refractivity contribution in [2.24, 2.45) is 5.92 Å². The van der Waals surface area contributed by atoms with Crippen LogP contribution in [0.1, 0.15) is 63.0 Å². The molecule has 1 aliphatic heterocycles. The molecule has 178 valence electrons. The SMILES string of the molecule is CCc1c(CCc2cn(C3CC(O)C(CO)O3)c(=S)[nH]c2=O)ncn1C(CC(C)C)OC. The molecule has 4 atom stereocenters. The van der Waals surface area contributed by atoms with Crippen molar-refractivity contribution in [1.82, 2.24) is 19.1 Å². The molecule has 0 aromatic carbocycles. The van der Waals surface area contributed by atoms with Gasteiger partial charge in [-0.1, -0.05) is 20.8 Å². The van der Waals surface area contributed by atoms with E-state index in [1.54, 1.807) is 17.9 Å². The van der Waals surface area contributed by atoms with Gasteiger partial charge in [0.25, 0.3) is 5.56 Å². The number of hydrogen-bond acceptors (Lipinski definition) is 7. The third-order valence-electron chi connectivity index (χ3n) is 5.94. The molecule has 9 nitrogen and oxygen atoms in total. The van der Waals surface area contributed by atoms with Crippen molar-refractivity contribution in [2.45, 2.75) is 77.5 Å². The minimum atomic E-state index is -0.780. The van der Waals surface area contributed by atoms with Crippen molar-refractivity contribution in [2.75, 3.05) is 13.7 Å². The number of H-pyrrole nitrogens is 1. The summed E-state index contributed by atoms with van der Waals surface area (Å²) in [7, 11) is 1.71. The minimum Gasteiger partial charge on any atom is -0.394 e. The summed E-state index contributed by atoms with van der Waals surface area (Å²) in [6, 6.07) is 0. The average Bonchev–Trinajstić information content (AvgIpc) is 3.33. The lowest BCUT2D eigenvalue weighted by Crippen LogP contribution is -2.24. The van der Waals surface area contributed by atoms with E-state index in [0.717, 1.165) is 24.2 Å². The summed E-state index contributed by atoms with van der Waals surface area (Å²) >= 11 is 5.30. The van der Waals surface area contributed by atoms with Crippen molar-refractivity contribution in [3.8, 4) is 0 Å². The molecular weight excluding hydrogens is 432 g/mol. The maximum Gasteiger partial charge on any atom is 0.254 e. The molecule has 3 rings (SSSR count). The third kappa shape index (κ3) is 5.37. The number of ether oxygens (including phenoxy) is 2. The van der Waals surface area contributed by atoms with Gasteiger partial charge in [-0.05, 0) is 43.8 Å². The van der Waals surface area contributed by atoms with Crippen LogP contribution in [-0.4, -0.2) is 55.2 Å². The van der Waals surface area contributed by atoms with Gasteiger partial charge in [-0.3, -0.25) is 14.3 Å². The van der Waals surface area contributed by atoms with Crippen LogP contribution < -0.4 is 5.56 Å². The first-order valence-electron chi connectivity index (χ1n) is 11.1. The topological polar surface area (TPSA) is 115 Å². The normalized spacial score (nSPS) is 22.0. The maximum absolute atomic E-state index is 12.5. The fourth-order valence-corrected chi connectivity index (χ4v) is 4.48. The second kappa shape index (κ2) is 10.8. The molecule has 0 saturated carbocycles. The highest BCUT2D eigenvalue weighted by molar-refractivity contribution is 7.71. The van der Waals surface area contributed by atoms with E-state index in [4.69, 9.17) is 21.7 Å². The fraction of sp³-hybridized carbons (Fsp3) is 0.682. The monoisotopic (exact) mass is 466 g/mol. The molecule has 0 radical (unpaired) electrons. The highest BCUT2D eigenvalue weighted by atomic mass is 32.1. The maximum atomic E-state index is 12.5. The minimum absolute atomic E-state index is 0.0679. The third-order valence-corrected chi connectivity index (χ3v) is 6.25. The van der Waals surface area contributed by atoms with Gasteiger partial charge in [0.2, 0.25) is 0 Å². The summed E-state index contributed by atoms with van der Waals surface area (Å²) in [5.74, 6) is 0.489. The lowest BCUT2D eigenvalue weighted by Gasteiger charge is -2.21. The van der Waals surface area contributed by atoms with Gasteiger partial charge in [0.05, 0.1) is 24.7 Å². The zero-order valence-corrected chi connectivity index (χ0v) is 20.0. The Morgan fingerprint density at radius 1 is 1.41 bits per heavy atom. The van der Waals surface area contributed by atoms with Gasteiger partial charge in [0.15, 0.2) is 4.77 Å². The van der Waals surface area contributed by atoms with Crippen molar-refractivity contribution in [3.63, 3.8) is 0 Å². The lowest BCUT2D eigenvalue weighted by atomic mass is 10.1. The number of rotatable bonds is 10. The van der Waals surface area contributed by atoms with Gasteiger partial charge >= 0.3 is 0 Å². The van der Waals surface area contributed by atoms with Crippen LogP contribution in [0.2, 0.25) is 0 Å². The Bertz CT molecular complexity index is 1010. The Kier molecular flexibility index (Phi) is 8.40. The zero-order valence-electron chi connectivity index (χ0n) is 19.2. The van der Waals surface area contributed by atoms with E-state index in [1.165, 1.54) is 0 Å². The fourth-order valence-electron chi connectivity index (χ4n) is 4.22. The van der Waals surface area contributed by atoms with E-state index >= 15 is 0 Å². The summed E-state index contributed by atoms with van der Waals surface area (Å²) in [5, 5.41) is 19.4. The van der Waals surface area contributed by atoms with Crippen LogP contribution in [-0.2, 0) is 28.7 Å². The summed E-state index contributed by atoms with van der Waals surface area (Å²) < 4.78 is 15.4. The number of hydrogen-bond donors (Lipinski definition) is 3. The highest BCUT2D eigenvalue weighted by Crippen LogP contribution is 2.29.